The largest absolute Gasteiger partial charge is 0.494 e. The van der Waals surface area contributed by atoms with Crippen LogP contribution >= 0.6 is 11.6 Å². The van der Waals surface area contributed by atoms with E-state index in [-0.39, 0.29) is 25.5 Å². The third-order valence-corrected chi connectivity index (χ3v) is 7.21. The van der Waals surface area contributed by atoms with Gasteiger partial charge in [0.25, 0.3) is 11.5 Å². The van der Waals surface area contributed by atoms with Crippen molar-refractivity contribution >= 4 is 40.0 Å². The molecule has 0 aliphatic heterocycles. The zero-order valence-corrected chi connectivity index (χ0v) is 24.1. The van der Waals surface area contributed by atoms with Gasteiger partial charge in [-0.3, -0.25) is 23.5 Å². The van der Waals surface area contributed by atoms with Crippen LogP contribution in [0.25, 0.3) is 10.9 Å². The molecule has 5 rings (SSSR count). The summed E-state index contributed by atoms with van der Waals surface area (Å²) in [4.78, 5) is 52.6. The number of aromatic nitrogens is 2. The Kier molecular flexibility index (Phi) is 9.02. The van der Waals surface area contributed by atoms with Crippen LogP contribution in [0, 0.1) is 0 Å². The van der Waals surface area contributed by atoms with Crippen molar-refractivity contribution in [2.75, 3.05) is 11.9 Å². The van der Waals surface area contributed by atoms with Crippen LogP contribution in [0.3, 0.4) is 0 Å². The minimum absolute atomic E-state index is 0.0372. The fourth-order valence-corrected chi connectivity index (χ4v) is 4.87. The summed E-state index contributed by atoms with van der Waals surface area (Å²) in [6.45, 7) is 2.36. The van der Waals surface area contributed by atoms with Gasteiger partial charge in [-0.2, -0.15) is 0 Å². The van der Waals surface area contributed by atoms with Gasteiger partial charge >= 0.3 is 5.69 Å². The van der Waals surface area contributed by atoms with Gasteiger partial charge in [-0.15, -0.1) is 0 Å². The molecular weight excluding hydrogens is 568 g/mol. The van der Waals surface area contributed by atoms with Crippen molar-refractivity contribution < 1.29 is 14.3 Å². The van der Waals surface area contributed by atoms with Crippen LogP contribution < -0.4 is 26.6 Å². The van der Waals surface area contributed by atoms with Crippen LogP contribution in [-0.4, -0.2) is 27.6 Å². The van der Waals surface area contributed by atoms with Crippen molar-refractivity contribution in [1.29, 1.82) is 0 Å². The smallest absolute Gasteiger partial charge is 0.332 e. The number of ether oxygens (including phenoxy) is 1. The molecule has 0 atom stereocenters. The van der Waals surface area contributed by atoms with Crippen LogP contribution in [0.15, 0.2) is 107 Å². The average molecular weight is 597 g/mol. The minimum atomic E-state index is -0.618. The van der Waals surface area contributed by atoms with E-state index in [2.05, 4.69) is 10.6 Å². The summed E-state index contributed by atoms with van der Waals surface area (Å²) in [5.41, 5.74) is 1.69. The number of para-hydroxylation sites is 1. The number of carbonyl (C=O) groups is 2. The Labute approximate surface area is 252 Å². The highest BCUT2D eigenvalue weighted by Gasteiger charge is 2.16. The number of fused-ring (bicyclic) bond motifs is 1. The molecule has 1 heterocycles. The minimum Gasteiger partial charge on any atom is -0.494 e. The Balaban J connectivity index is 1.35. The molecular formula is C33H29ClN4O5. The number of anilines is 1. The fourth-order valence-electron chi connectivity index (χ4n) is 4.67. The molecule has 5 aromatic rings. The van der Waals surface area contributed by atoms with E-state index in [1.54, 1.807) is 78.9 Å². The van der Waals surface area contributed by atoms with E-state index in [1.807, 2.05) is 25.1 Å². The maximum Gasteiger partial charge on any atom is 0.332 e. The van der Waals surface area contributed by atoms with Gasteiger partial charge in [-0.05, 0) is 72.6 Å². The Hall–Kier alpha value is -5.15. The molecule has 10 heteroatoms. The van der Waals surface area contributed by atoms with Gasteiger partial charge in [0.15, 0.2) is 0 Å². The number of rotatable bonds is 10. The van der Waals surface area contributed by atoms with E-state index in [0.29, 0.717) is 45.1 Å². The van der Waals surface area contributed by atoms with Gasteiger partial charge in [0, 0.05) is 22.8 Å². The number of amides is 2. The standard InChI is InChI=1S/C33H29ClN4O5/c1-2-43-26-17-15-25(16-18-26)36-30(39)21-37-29-10-6-4-8-27(29)32(41)38(33(37)42)20-22-11-13-23(14-12-22)31(40)35-19-24-7-3-5-9-28(24)34/h3-18H,2,19-21H2,1H3,(H,35,40)(H,36,39). The normalized spacial score (nSPS) is 10.8. The summed E-state index contributed by atoms with van der Waals surface area (Å²) in [6, 6.07) is 27.5. The van der Waals surface area contributed by atoms with E-state index in [1.165, 1.54) is 4.57 Å². The lowest BCUT2D eigenvalue weighted by Gasteiger charge is -2.15. The number of nitrogens with one attached hydrogen (secondary N) is 2. The summed E-state index contributed by atoms with van der Waals surface area (Å²) >= 11 is 6.17. The van der Waals surface area contributed by atoms with Gasteiger partial charge in [0.05, 0.1) is 24.1 Å². The van der Waals surface area contributed by atoms with E-state index >= 15 is 0 Å². The zero-order valence-electron chi connectivity index (χ0n) is 23.4. The molecule has 9 nitrogen and oxygen atoms in total. The Morgan fingerprint density at radius 3 is 2.26 bits per heavy atom. The number of benzene rings is 4. The van der Waals surface area contributed by atoms with Crippen LogP contribution in [-0.2, 0) is 24.4 Å². The van der Waals surface area contributed by atoms with E-state index in [9.17, 15) is 19.2 Å². The first-order valence-electron chi connectivity index (χ1n) is 13.7. The highest BCUT2D eigenvalue weighted by Crippen LogP contribution is 2.17. The number of nitrogens with zero attached hydrogens (tertiary/aromatic N) is 2. The van der Waals surface area contributed by atoms with Crippen LogP contribution in [0.2, 0.25) is 5.02 Å². The second kappa shape index (κ2) is 13.2. The Morgan fingerprint density at radius 2 is 1.53 bits per heavy atom. The second-order valence-corrected chi connectivity index (χ2v) is 10.2. The van der Waals surface area contributed by atoms with E-state index in [4.69, 9.17) is 16.3 Å². The van der Waals surface area contributed by atoms with Crippen molar-refractivity contribution in [2.45, 2.75) is 26.6 Å². The summed E-state index contributed by atoms with van der Waals surface area (Å²) in [7, 11) is 0. The third-order valence-electron chi connectivity index (χ3n) is 6.84. The predicted molar refractivity (Wildman–Crippen MR) is 167 cm³/mol. The van der Waals surface area contributed by atoms with Gasteiger partial charge in [-0.1, -0.05) is 54.1 Å². The quantitative estimate of drug-likeness (QED) is 0.240. The fraction of sp³-hybridized carbons (Fsp3) is 0.152. The number of hydrogen-bond donors (Lipinski definition) is 2. The summed E-state index contributed by atoms with van der Waals surface area (Å²) < 4.78 is 7.82. The summed E-state index contributed by atoms with van der Waals surface area (Å²) in [5.74, 6) is -0.0236. The van der Waals surface area contributed by atoms with Gasteiger partial charge in [-0.25, -0.2) is 4.79 Å². The number of halogens is 1. The molecule has 0 aliphatic carbocycles. The number of carbonyl (C=O) groups excluding carboxylic acids is 2. The summed E-state index contributed by atoms with van der Waals surface area (Å²) in [6.07, 6.45) is 0. The molecule has 218 valence electrons. The Bertz CT molecular complexity index is 1900. The van der Waals surface area contributed by atoms with E-state index < -0.39 is 17.2 Å². The molecule has 4 aromatic carbocycles. The molecule has 0 aliphatic rings. The van der Waals surface area contributed by atoms with Crippen molar-refractivity contribution in [1.82, 2.24) is 14.5 Å². The molecule has 1 aromatic heterocycles. The van der Waals surface area contributed by atoms with Crippen molar-refractivity contribution in [3.8, 4) is 5.75 Å². The monoisotopic (exact) mass is 596 g/mol. The topological polar surface area (TPSA) is 111 Å². The first kappa shape index (κ1) is 29.3. The highest BCUT2D eigenvalue weighted by molar-refractivity contribution is 6.31. The SMILES string of the molecule is CCOc1ccc(NC(=O)Cn2c(=O)n(Cc3ccc(C(=O)NCc4ccccc4Cl)cc3)c(=O)c3ccccc32)cc1. The second-order valence-electron chi connectivity index (χ2n) is 9.75. The molecule has 2 amide bonds. The molecule has 2 N–H and O–H groups in total. The van der Waals surface area contributed by atoms with E-state index in [0.717, 1.165) is 10.1 Å². The molecule has 0 fully saturated rings. The number of hydrogen-bond acceptors (Lipinski definition) is 5. The molecule has 0 bridgehead atoms. The molecule has 43 heavy (non-hydrogen) atoms. The molecule has 0 unspecified atom stereocenters. The highest BCUT2D eigenvalue weighted by atomic mass is 35.5. The molecule has 0 radical (unpaired) electrons. The third kappa shape index (κ3) is 6.85. The van der Waals surface area contributed by atoms with Gasteiger partial charge in [0.1, 0.15) is 12.3 Å². The van der Waals surface area contributed by atoms with Gasteiger partial charge in [0.2, 0.25) is 5.91 Å². The predicted octanol–water partition coefficient (Wildman–Crippen LogP) is 4.83. The van der Waals surface area contributed by atoms with Crippen molar-refractivity contribution in [3.63, 3.8) is 0 Å². The van der Waals surface area contributed by atoms with Gasteiger partial charge < -0.3 is 15.4 Å². The molecule has 0 saturated heterocycles. The first-order valence-corrected chi connectivity index (χ1v) is 14.1. The van der Waals surface area contributed by atoms with Crippen LogP contribution in [0.1, 0.15) is 28.4 Å². The Morgan fingerprint density at radius 1 is 0.837 bits per heavy atom. The van der Waals surface area contributed by atoms with Crippen molar-refractivity contribution in [3.05, 3.63) is 140 Å². The maximum absolute atomic E-state index is 13.6. The summed E-state index contributed by atoms with van der Waals surface area (Å²) in [5, 5.41) is 6.51. The lowest BCUT2D eigenvalue weighted by Crippen LogP contribution is -2.42. The average Bonchev–Trinajstić information content (AvgIpc) is 3.02. The lowest BCUT2D eigenvalue weighted by molar-refractivity contribution is -0.116. The van der Waals surface area contributed by atoms with Crippen LogP contribution in [0.4, 0.5) is 5.69 Å². The lowest BCUT2D eigenvalue weighted by atomic mass is 10.1. The molecule has 0 spiro atoms. The van der Waals surface area contributed by atoms with Crippen molar-refractivity contribution in [2.24, 2.45) is 0 Å². The zero-order chi connectivity index (χ0) is 30.3. The maximum atomic E-state index is 13.6. The first-order chi connectivity index (χ1) is 20.8. The van der Waals surface area contributed by atoms with Crippen LogP contribution in [0.5, 0.6) is 5.75 Å². The molecule has 0 saturated carbocycles.